The quantitative estimate of drug-likeness (QED) is 0.694. The number of anilines is 1. The first kappa shape index (κ1) is 20.0. The highest BCUT2D eigenvalue weighted by atomic mass is 16.6. The average molecular weight is 370 g/mol. The minimum atomic E-state index is -1.01. The van der Waals surface area contributed by atoms with E-state index in [2.05, 4.69) is 5.32 Å². The van der Waals surface area contributed by atoms with Gasteiger partial charge >= 0.3 is 5.97 Å². The van der Waals surface area contributed by atoms with Crippen molar-refractivity contribution in [3.8, 4) is 5.75 Å². The lowest BCUT2D eigenvalue weighted by Gasteiger charge is -2.19. The van der Waals surface area contributed by atoms with E-state index in [4.69, 9.17) is 15.2 Å². The van der Waals surface area contributed by atoms with Gasteiger partial charge in [-0.05, 0) is 49.7 Å². The Hall–Kier alpha value is -3.35. The van der Waals surface area contributed by atoms with Gasteiger partial charge in [0.05, 0.1) is 0 Å². The second-order valence-corrected chi connectivity index (χ2v) is 5.84. The molecule has 0 saturated heterocycles. The van der Waals surface area contributed by atoms with Gasteiger partial charge in [-0.2, -0.15) is 0 Å². The van der Waals surface area contributed by atoms with Gasteiger partial charge in [-0.15, -0.1) is 0 Å². The Bertz CT molecular complexity index is 790. The van der Waals surface area contributed by atoms with Gasteiger partial charge in [-0.1, -0.05) is 25.1 Å². The molecule has 0 saturated carbocycles. The van der Waals surface area contributed by atoms with E-state index < -0.39 is 30.0 Å². The van der Waals surface area contributed by atoms with Gasteiger partial charge in [-0.3, -0.25) is 9.59 Å². The molecule has 0 radical (unpaired) electrons. The molecule has 2 aromatic carbocycles. The zero-order valence-electron chi connectivity index (χ0n) is 15.2. The molecule has 2 rings (SSSR count). The van der Waals surface area contributed by atoms with Gasteiger partial charge in [0.2, 0.25) is 5.91 Å². The zero-order valence-corrected chi connectivity index (χ0v) is 15.2. The first-order valence-electron chi connectivity index (χ1n) is 8.53. The fourth-order valence-corrected chi connectivity index (χ4v) is 2.23. The number of nitrogens with one attached hydrogen (secondary N) is 1. The van der Waals surface area contributed by atoms with E-state index >= 15 is 0 Å². The van der Waals surface area contributed by atoms with Crippen molar-refractivity contribution in [2.45, 2.75) is 32.5 Å². The fourth-order valence-electron chi connectivity index (χ4n) is 2.23. The zero-order chi connectivity index (χ0) is 19.8. The highest BCUT2D eigenvalue weighted by molar-refractivity contribution is 5.96. The molecule has 0 aliphatic heterocycles. The molecule has 0 heterocycles. The van der Waals surface area contributed by atoms with Crippen LogP contribution >= 0.6 is 0 Å². The van der Waals surface area contributed by atoms with Crippen molar-refractivity contribution < 1.29 is 23.9 Å². The van der Waals surface area contributed by atoms with Crippen LogP contribution in [0.1, 0.15) is 30.6 Å². The number of benzene rings is 2. The van der Waals surface area contributed by atoms with Gasteiger partial charge in [0.1, 0.15) is 5.75 Å². The van der Waals surface area contributed by atoms with Gasteiger partial charge in [0.25, 0.3) is 5.91 Å². The van der Waals surface area contributed by atoms with Crippen LogP contribution < -0.4 is 15.8 Å². The smallest absolute Gasteiger partial charge is 0.348 e. The van der Waals surface area contributed by atoms with Crippen molar-refractivity contribution in [2.75, 3.05) is 5.32 Å². The monoisotopic (exact) mass is 370 g/mol. The predicted octanol–water partition coefficient (Wildman–Crippen LogP) is 2.51. The number of amides is 2. The summed E-state index contributed by atoms with van der Waals surface area (Å²) in [6, 6.07) is 15.0. The van der Waals surface area contributed by atoms with Crippen LogP contribution in [0.5, 0.6) is 5.75 Å². The maximum Gasteiger partial charge on any atom is 0.348 e. The van der Waals surface area contributed by atoms with Crippen molar-refractivity contribution in [2.24, 2.45) is 5.73 Å². The van der Waals surface area contributed by atoms with Crippen molar-refractivity contribution in [1.82, 2.24) is 0 Å². The number of primary amides is 1. The first-order chi connectivity index (χ1) is 12.9. The molecule has 0 spiro atoms. The van der Waals surface area contributed by atoms with Crippen molar-refractivity contribution in [1.29, 1.82) is 0 Å². The number of rotatable bonds is 8. The van der Waals surface area contributed by atoms with E-state index in [-0.39, 0.29) is 0 Å². The van der Waals surface area contributed by atoms with E-state index in [1.54, 1.807) is 43.3 Å². The van der Waals surface area contributed by atoms with Crippen LogP contribution in [-0.2, 0) is 14.3 Å². The standard InChI is InChI=1S/C20H22N2O5/c1-3-17(27-16-7-5-4-6-8-16)20(25)26-13(2)19(24)22-15-11-9-14(10-12-15)18(21)23/h4-13,17H,3H2,1-2H3,(H2,21,23)(H,22,24)/t13-,17+/m0/s1. The third-order valence-corrected chi connectivity index (χ3v) is 3.75. The molecular formula is C20H22N2O5. The minimum Gasteiger partial charge on any atom is -0.479 e. The molecule has 0 aliphatic rings. The minimum absolute atomic E-state index is 0.330. The van der Waals surface area contributed by atoms with Crippen molar-refractivity contribution in [3.05, 3.63) is 60.2 Å². The Morgan fingerprint density at radius 1 is 1.04 bits per heavy atom. The average Bonchev–Trinajstić information content (AvgIpc) is 2.67. The molecule has 3 N–H and O–H groups in total. The van der Waals surface area contributed by atoms with Crippen LogP contribution in [0.15, 0.2) is 54.6 Å². The predicted molar refractivity (Wildman–Crippen MR) is 100 cm³/mol. The van der Waals surface area contributed by atoms with Crippen LogP contribution in [0.2, 0.25) is 0 Å². The van der Waals surface area contributed by atoms with Crippen LogP contribution in [0.25, 0.3) is 0 Å². The summed E-state index contributed by atoms with van der Waals surface area (Å²) in [6.45, 7) is 3.26. The molecule has 2 atom stereocenters. The van der Waals surface area contributed by atoms with E-state index in [1.165, 1.54) is 19.1 Å². The summed E-state index contributed by atoms with van der Waals surface area (Å²) >= 11 is 0. The third kappa shape index (κ3) is 5.85. The highest BCUT2D eigenvalue weighted by Gasteiger charge is 2.25. The molecule has 0 fully saturated rings. The Kier molecular flexibility index (Phi) is 6.93. The molecule has 27 heavy (non-hydrogen) atoms. The summed E-state index contributed by atoms with van der Waals surface area (Å²) in [5.41, 5.74) is 5.96. The van der Waals surface area contributed by atoms with Crippen LogP contribution in [0, 0.1) is 0 Å². The lowest BCUT2D eigenvalue weighted by molar-refractivity contribution is -0.160. The van der Waals surface area contributed by atoms with Gasteiger partial charge in [-0.25, -0.2) is 4.79 Å². The number of carbonyl (C=O) groups is 3. The largest absolute Gasteiger partial charge is 0.479 e. The second-order valence-electron chi connectivity index (χ2n) is 5.84. The second kappa shape index (κ2) is 9.38. The van der Waals surface area contributed by atoms with Crippen molar-refractivity contribution in [3.63, 3.8) is 0 Å². The van der Waals surface area contributed by atoms with Crippen LogP contribution in [0.4, 0.5) is 5.69 Å². The Balaban J connectivity index is 1.91. The molecule has 7 nitrogen and oxygen atoms in total. The van der Waals surface area contributed by atoms with E-state index in [0.29, 0.717) is 23.4 Å². The van der Waals surface area contributed by atoms with E-state index in [1.807, 2.05) is 6.07 Å². The molecule has 0 aromatic heterocycles. The Morgan fingerprint density at radius 2 is 1.67 bits per heavy atom. The maximum atomic E-state index is 12.3. The summed E-state index contributed by atoms with van der Waals surface area (Å²) in [4.78, 5) is 35.6. The maximum absolute atomic E-state index is 12.3. The summed E-state index contributed by atoms with van der Waals surface area (Å²) in [5.74, 6) is -1.12. The lowest BCUT2D eigenvalue weighted by atomic mass is 10.2. The van der Waals surface area contributed by atoms with Gasteiger partial charge in [0, 0.05) is 11.3 Å². The molecule has 0 aliphatic carbocycles. The molecule has 2 aromatic rings. The molecule has 0 unspecified atom stereocenters. The van der Waals surface area contributed by atoms with Gasteiger partial charge in [0.15, 0.2) is 12.2 Å². The Labute approximate surface area is 157 Å². The third-order valence-electron chi connectivity index (χ3n) is 3.75. The van der Waals surface area contributed by atoms with Crippen LogP contribution in [0.3, 0.4) is 0 Å². The molecular weight excluding hydrogens is 348 g/mol. The number of hydrogen-bond acceptors (Lipinski definition) is 5. The van der Waals surface area contributed by atoms with Crippen molar-refractivity contribution >= 4 is 23.5 Å². The number of para-hydroxylation sites is 1. The molecule has 2 amide bonds. The fraction of sp³-hybridized carbons (Fsp3) is 0.250. The lowest BCUT2D eigenvalue weighted by Crippen LogP contribution is -2.36. The first-order valence-corrected chi connectivity index (χ1v) is 8.53. The number of esters is 1. The topological polar surface area (TPSA) is 108 Å². The SMILES string of the molecule is CC[C@@H](Oc1ccccc1)C(=O)O[C@@H](C)C(=O)Nc1ccc(C(N)=O)cc1. The summed E-state index contributed by atoms with van der Waals surface area (Å²) in [6.07, 6.45) is -1.42. The number of carbonyl (C=O) groups excluding carboxylic acids is 3. The molecule has 7 heteroatoms. The molecule has 142 valence electrons. The normalized spacial score (nSPS) is 12.5. The molecule has 0 bridgehead atoms. The van der Waals surface area contributed by atoms with Gasteiger partial charge < -0.3 is 20.5 Å². The summed E-state index contributed by atoms with van der Waals surface area (Å²) in [5, 5.41) is 2.61. The summed E-state index contributed by atoms with van der Waals surface area (Å²) < 4.78 is 10.8. The summed E-state index contributed by atoms with van der Waals surface area (Å²) in [7, 11) is 0. The van der Waals surface area contributed by atoms with E-state index in [9.17, 15) is 14.4 Å². The number of nitrogens with two attached hydrogens (primary N) is 1. The van der Waals surface area contributed by atoms with Crippen LogP contribution in [-0.4, -0.2) is 30.0 Å². The highest BCUT2D eigenvalue weighted by Crippen LogP contribution is 2.15. The van der Waals surface area contributed by atoms with E-state index in [0.717, 1.165) is 0 Å². The number of hydrogen-bond donors (Lipinski definition) is 2. The number of ether oxygens (including phenoxy) is 2. The Morgan fingerprint density at radius 3 is 2.22 bits per heavy atom.